The molecule has 0 unspecified atom stereocenters. The van der Waals surface area contributed by atoms with Gasteiger partial charge in [-0.05, 0) is 38.1 Å². The van der Waals surface area contributed by atoms with Gasteiger partial charge in [0, 0.05) is 30.2 Å². The molecule has 2 rings (SSSR count). The first-order valence-corrected chi connectivity index (χ1v) is 7.11. The maximum absolute atomic E-state index is 5.63. The molecule has 104 valence electrons. The van der Waals surface area contributed by atoms with E-state index in [1.54, 1.807) is 0 Å². The van der Waals surface area contributed by atoms with Gasteiger partial charge < -0.3 is 14.6 Å². The molecule has 1 N–H and O–H groups in total. The predicted octanol–water partition coefficient (Wildman–Crippen LogP) is 3.18. The molecule has 0 saturated heterocycles. The molecule has 0 bridgehead atoms. The van der Waals surface area contributed by atoms with Crippen molar-refractivity contribution in [1.82, 2.24) is 9.88 Å². The van der Waals surface area contributed by atoms with Crippen molar-refractivity contribution < 1.29 is 4.74 Å². The van der Waals surface area contributed by atoms with E-state index in [4.69, 9.17) is 4.74 Å². The third kappa shape index (κ3) is 3.58. The third-order valence-corrected chi connectivity index (χ3v) is 3.25. The Kier molecular flexibility index (Phi) is 5.00. The second kappa shape index (κ2) is 6.73. The number of nitrogens with zero attached hydrogens (tertiary/aromatic N) is 1. The highest BCUT2D eigenvalue weighted by Gasteiger charge is 2.05. The highest BCUT2D eigenvalue weighted by molar-refractivity contribution is 5.83. The zero-order valence-electron chi connectivity index (χ0n) is 12.1. The lowest BCUT2D eigenvalue weighted by atomic mass is 10.1. The highest BCUT2D eigenvalue weighted by Crippen LogP contribution is 2.20. The Labute approximate surface area is 115 Å². The summed E-state index contributed by atoms with van der Waals surface area (Å²) in [5.74, 6) is 0. The van der Waals surface area contributed by atoms with Crippen molar-refractivity contribution in [3.8, 4) is 0 Å². The monoisotopic (exact) mass is 260 g/mol. The number of rotatable bonds is 7. The number of fused-ring (bicyclic) bond motifs is 1. The molecule has 0 amide bonds. The van der Waals surface area contributed by atoms with Gasteiger partial charge in [-0.1, -0.05) is 19.1 Å². The largest absolute Gasteiger partial charge is 0.377 e. The molecule has 0 spiro atoms. The first-order chi connectivity index (χ1) is 9.22. The van der Waals surface area contributed by atoms with Gasteiger partial charge in [0.05, 0.1) is 12.7 Å². The summed E-state index contributed by atoms with van der Waals surface area (Å²) in [6.07, 6.45) is 2.45. The molecule has 2 aromatic rings. The maximum atomic E-state index is 5.63. The first kappa shape index (κ1) is 14.1. The van der Waals surface area contributed by atoms with Gasteiger partial charge in [-0.3, -0.25) is 0 Å². The van der Waals surface area contributed by atoms with Crippen LogP contribution in [0.5, 0.6) is 0 Å². The minimum absolute atomic E-state index is 0.297. The summed E-state index contributed by atoms with van der Waals surface area (Å²) in [7, 11) is 0. The van der Waals surface area contributed by atoms with Gasteiger partial charge in [-0.15, -0.1) is 0 Å². The average molecular weight is 260 g/mol. The quantitative estimate of drug-likeness (QED) is 0.827. The Bertz CT molecular complexity index is 516. The van der Waals surface area contributed by atoms with Gasteiger partial charge in [0.25, 0.3) is 0 Å². The van der Waals surface area contributed by atoms with Crippen LogP contribution in [-0.2, 0) is 17.8 Å². The fraction of sp³-hybridized carbons (Fsp3) is 0.500. The molecule has 0 atom stereocenters. The molecule has 1 aromatic heterocycles. The fourth-order valence-corrected chi connectivity index (χ4v) is 2.28. The molecule has 3 nitrogen and oxygen atoms in total. The standard InChI is InChI=1S/C16H24N2O/c1-4-17-12-14-6-5-7-16-15(14)8-9-18(16)10-11-19-13(2)3/h5-9,13,17H,4,10-12H2,1-3H3. The third-order valence-electron chi connectivity index (χ3n) is 3.25. The van der Waals surface area contributed by atoms with E-state index in [9.17, 15) is 0 Å². The van der Waals surface area contributed by atoms with Crippen LogP contribution in [0.3, 0.4) is 0 Å². The van der Waals surface area contributed by atoms with Crippen LogP contribution in [0.2, 0.25) is 0 Å². The summed E-state index contributed by atoms with van der Waals surface area (Å²) < 4.78 is 7.90. The molecular weight excluding hydrogens is 236 g/mol. The summed E-state index contributed by atoms with van der Waals surface area (Å²) in [6.45, 7) is 9.88. The molecule has 19 heavy (non-hydrogen) atoms. The van der Waals surface area contributed by atoms with Gasteiger partial charge in [0.1, 0.15) is 0 Å². The van der Waals surface area contributed by atoms with Crippen LogP contribution in [0.4, 0.5) is 0 Å². The molecule has 0 aliphatic heterocycles. The topological polar surface area (TPSA) is 26.2 Å². The van der Waals surface area contributed by atoms with E-state index in [0.29, 0.717) is 6.10 Å². The second-order valence-electron chi connectivity index (χ2n) is 5.06. The van der Waals surface area contributed by atoms with Crippen molar-refractivity contribution >= 4 is 10.9 Å². The van der Waals surface area contributed by atoms with Crippen molar-refractivity contribution in [2.24, 2.45) is 0 Å². The lowest BCUT2D eigenvalue weighted by Gasteiger charge is -2.10. The molecule has 1 heterocycles. The number of hydrogen-bond acceptors (Lipinski definition) is 2. The lowest BCUT2D eigenvalue weighted by Crippen LogP contribution is -2.12. The van der Waals surface area contributed by atoms with Crippen molar-refractivity contribution in [3.63, 3.8) is 0 Å². The summed E-state index contributed by atoms with van der Waals surface area (Å²) in [6, 6.07) is 8.71. The van der Waals surface area contributed by atoms with Gasteiger partial charge in [-0.25, -0.2) is 0 Å². The highest BCUT2D eigenvalue weighted by atomic mass is 16.5. The van der Waals surface area contributed by atoms with Gasteiger partial charge in [0.2, 0.25) is 0 Å². The predicted molar refractivity (Wildman–Crippen MR) is 80.4 cm³/mol. The Morgan fingerprint density at radius 3 is 2.84 bits per heavy atom. The molecule has 0 aliphatic carbocycles. The molecule has 0 radical (unpaired) electrons. The van der Waals surface area contributed by atoms with Crippen LogP contribution in [0.1, 0.15) is 26.3 Å². The summed E-state index contributed by atoms with van der Waals surface area (Å²) in [5.41, 5.74) is 2.66. The maximum Gasteiger partial charge on any atom is 0.0649 e. The molecule has 3 heteroatoms. The zero-order valence-corrected chi connectivity index (χ0v) is 12.1. The number of aromatic nitrogens is 1. The van der Waals surface area contributed by atoms with E-state index in [0.717, 1.165) is 26.2 Å². The smallest absolute Gasteiger partial charge is 0.0649 e. The van der Waals surface area contributed by atoms with Crippen LogP contribution in [0, 0.1) is 0 Å². The average Bonchev–Trinajstić information content (AvgIpc) is 2.80. The SMILES string of the molecule is CCNCc1cccc2c1ccn2CCOC(C)C. The Morgan fingerprint density at radius 2 is 2.11 bits per heavy atom. The fourth-order valence-electron chi connectivity index (χ4n) is 2.28. The zero-order chi connectivity index (χ0) is 13.7. The minimum atomic E-state index is 0.297. The van der Waals surface area contributed by atoms with Crippen LogP contribution >= 0.6 is 0 Å². The van der Waals surface area contributed by atoms with Crippen molar-refractivity contribution in [2.45, 2.75) is 40.0 Å². The summed E-state index contributed by atoms with van der Waals surface area (Å²) >= 11 is 0. The van der Waals surface area contributed by atoms with E-state index in [1.807, 2.05) is 0 Å². The number of benzene rings is 1. The van der Waals surface area contributed by atoms with E-state index < -0.39 is 0 Å². The Balaban J connectivity index is 2.13. The summed E-state index contributed by atoms with van der Waals surface area (Å²) in [4.78, 5) is 0. The van der Waals surface area contributed by atoms with Gasteiger partial charge in [0.15, 0.2) is 0 Å². The van der Waals surface area contributed by atoms with E-state index in [1.165, 1.54) is 16.5 Å². The van der Waals surface area contributed by atoms with Crippen LogP contribution in [0.25, 0.3) is 10.9 Å². The molecular formula is C16H24N2O. The van der Waals surface area contributed by atoms with Crippen LogP contribution in [0.15, 0.2) is 30.5 Å². The molecule has 0 fully saturated rings. The Hall–Kier alpha value is -1.32. The Morgan fingerprint density at radius 1 is 1.26 bits per heavy atom. The van der Waals surface area contributed by atoms with Gasteiger partial charge >= 0.3 is 0 Å². The van der Waals surface area contributed by atoms with Crippen LogP contribution in [-0.4, -0.2) is 23.8 Å². The molecule has 1 aromatic carbocycles. The minimum Gasteiger partial charge on any atom is -0.377 e. The number of hydrogen-bond donors (Lipinski definition) is 1. The number of nitrogens with one attached hydrogen (secondary N) is 1. The molecule has 0 saturated carbocycles. The van der Waals surface area contributed by atoms with E-state index in [2.05, 4.69) is 61.1 Å². The van der Waals surface area contributed by atoms with Crippen LogP contribution < -0.4 is 5.32 Å². The lowest BCUT2D eigenvalue weighted by molar-refractivity contribution is 0.0733. The normalized spacial score (nSPS) is 11.6. The van der Waals surface area contributed by atoms with Crippen molar-refractivity contribution in [3.05, 3.63) is 36.0 Å². The second-order valence-corrected chi connectivity index (χ2v) is 5.06. The molecule has 0 aliphatic rings. The first-order valence-electron chi connectivity index (χ1n) is 7.11. The van der Waals surface area contributed by atoms with Crippen molar-refractivity contribution in [2.75, 3.05) is 13.2 Å². The van der Waals surface area contributed by atoms with E-state index in [-0.39, 0.29) is 0 Å². The summed E-state index contributed by atoms with van der Waals surface area (Å²) in [5, 5.41) is 4.73. The van der Waals surface area contributed by atoms with Crippen molar-refractivity contribution in [1.29, 1.82) is 0 Å². The number of ether oxygens (including phenoxy) is 1. The van der Waals surface area contributed by atoms with E-state index >= 15 is 0 Å². The van der Waals surface area contributed by atoms with Gasteiger partial charge in [-0.2, -0.15) is 0 Å².